The number of carbonyl (C=O) groups is 1. The molecule has 0 saturated carbocycles. The second-order valence-electron chi connectivity index (χ2n) is 3.86. The number of aliphatic carboxylic acids is 1. The van der Waals surface area contributed by atoms with Crippen LogP contribution in [0.1, 0.15) is 6.92 Å². The molecule has 0 aromatic carbocycles. The predicted molar refractivity (Wildman–Crippen MR) is 54.5 cm³/mol. The van der Waals surface area contributed by atoms with Crippen molar-refractivity contribution in [3.63, 3.8) is 0 Å². The lowest BCUT2D eigenvalue weighted by atomic mass is 9.87. The zero-order valence-corrected chi connectivity index (χ0v) is 8.50. The van der Waals surface area contributed by atoms with E-state index in [2.05, 4.69) is 14.9 Å². The van der Waals surface area contributed by atoms with Gasteiger partial charge in [-0.25, -0.2) is 9.97 Å². The van der Waals surface area contributed by atoms with Crippen LogP contribution in [0.2, 0.25) is 0 Å². The Morgan fingerprint density at radius 3 is 2.93 bits per heavy atom. The van der Waals surface area contributed by atoms with Crippen molar-refractivity contribution in [3.8, 4) is 0 Å². The van der Waals surface area contributed by atoms with Crippen LogP contribution < -0.4 is 4.90 Å². The van der Waals surface area contributed by atoms with Gasteiger partial charge in [-0.1, -0.05) is 6.92 Å². The summed E-state index contributed by atoms with van der Waals surface area (Å²) in [5.41, 5.74) is 0. The standard InChI is InChI=1S/C10H13N3O2/c1-7(10(14)15)8-4-13(5-8)9-2-3-11-6-12-9/h2-3,6-8H,4-5H2,1H3,(H,14,15). The quantitative estimate of drug-likeness (QED) is 0.787. The maximum Gasteiger partial charge on any atom is 0.306 e. The van der Waals surface area contributed by atoms with Gasteiger partial charge in [-0.05, 0) is 6.07 Å². The van der Waals surface area contributed by atoms with Crippen molar-refractivity contribution in [3.05, 3.63) is 18.6 Å². The maximum absolute atomic E-state index is 10.7. The highest BCUT2D eigenvalue weighted by Gasteiger charge is 2.35. The minimum absolute atomic E-state index is 0.234. The number of hydrogen-bond acceptors (Lipinski definition) is 4. The molecule has 5 nitrogen and oxygen atoms in total. The summed E-state index contributed by atoms with van der Waals surface area (Å²) < 4.78 is 0. The Morgan fingerprint density at radius 2 is 2.40 bits per heavy atom. The lowest BCUT2D eigenvalue weighted by Gasteiger charge is -2.41. The van der Waals surface area contributed by atoms with Gasteiger partial charge in [-0.2, -0.15) is 0 Å². The number of nitrogens with zero attached hydrogens (tertiary/aromatic N) is 3. The van der Waals surface area contributed by atoms with Gasteiger partial charge in [0.25, 0.3) is 0 Å². The summed E-state index contributed by atoms with van der Waals surface area (Å²) in [7, 11) is 0. The van der Waals surface area contributed by atoms with E-state index in [9.17, 15) is 4.79 Å². The smallest absolute Gasteiger partial charge is 0.306 e. The zero-order chi connectivity index (χ0) is 10.8. The molecule has 2 heterocycles. The zero-order valence-electron chi connectivity index (χ0n) is 8.50. The third-order valence-corrected chi connectivity index (χ3v) is 2.90. The number of hydrogen-bond donors (Lipinski definition) is 1. The molecule has 1 aromatic rings. The fourth-order valence-corrected chi connectivity index (χ4v) is 1.69. The van der Waals surface area contributed by atoms with E-state index in [1.807, 2.05) is 6.07 Å². The largest absolute Gasteiger partial charge is 0.481 e. The van der Waals surface area contributed by atoms with Crippen LogP contribution in [0, 0.1) is 11.8 Å². The first-order valence-corrected chi connectivity index (χ1v) is 4.92. The van der Waals surface area contributed by atoms with E-state index in [1.165, 1.54) is 6.33 Å². The number of carboxylic acid groups (broad SMARTS) is 1. The predicted octanol–water partition coefficient (Wildman–Crippen LogP) is 0.633. The molecule has 0 spiro atoms. The van der Waals surface area contributed by atoms with Gasteiger partial charge in [0.15, 0.2) is 0 Å². The summed E-state index contributed by atoms with van der Waals surface area (Å²) in [5.74, 6) is 0.113. The summed E-state index contributed by atoms with van der Waals surface area (Å²) in [6.45, 7) is 3.29. The van der Waals surface area contributed by atoms with Crippen molar-refractivity contribution < 1.29 is 9.90 Å². The first-order chi connectivity index (χ1) is 7.18. The van der Waals surface area contributed by atoms with E-state index in [0.29, 0.717) is 0 Å². The lowest BCUT2D eigenvalue weighted by molar-refractivity contribution is -0.143. The highest BCUT2D eigenvalue weighted by atomic mass is 16.4. The first kappa shape index (κ1) is 9.89. The molecule has 0 radical (unpaired) electrons. The van der Waals surface area contributed by atoms with Gasteiger partial charge >= 0.3 is 5.97 Å². The Labute approximate surface area is 87.8 Å². The highest BCUT2D eigenvalue weighted by Crippen LogP contribution is 2.27. The summed E-state index contributed by atoms with van der Waals surface area (Å²) >= 11 is 0. The number of carboxylic acids is 1. The van der Waals surface area contributed by atoms with Crippen molar-refractivity contribution in [1.82, 2.24) is 9.97 Å². The van der Waals surface area contributed by atoms with Crippen molar-refractivity contribution in [2.75, 3.05) is 18.0 Å². The Kier molecular flexibility index (Phi) is 2.53. The normalized spacial score (nSPS) is 18.3. The molecule has 2 rings (SSSR count). The second-order valence-corrected chi connectivity index (χ2v) is 3.86. The van der Waals surface area contributed by atoms with Gasteiger partial charge in [-0.15, -0.1) is 0 Å². The molecule has 1 unspecified atom stereocenters. The molecule has 1 fully saturated rings. The molecule has 1 N–H and O–H groups in total. The SMILES string of the molecule is CC(C(=O)O)C1CN(c2ccncn2)C1. The van der Waals surface area contributed by atoms with E-state index in [1.54, 1.807) is 13.1 Å². The van der Waals surface area contributed by atoms with E-state index in [4.69, 9.17) is 5.11 Å². The number of aromatic nitrogens is 2. The number of anilines is 1. The van der Waals surface area contributed by atoms with Crippen LogP contribution in [-0.4, -0.2) is 34.1 Å². The summed E-state index contributed by atoms with van der Waals surface area (Å²) in [6.07, 6.45) is 3.19. The van der Waals surface area contributed by atoms with Gasteiger partial charge in [0.2, 0.25) is 0 Å². The van der Waals surface area contributed by atoms with E-state index < -0.39 is 5.97 Å². The highest BCUT2D eigenvalue weighted by molar-refractivity contribution is 5.70. The van der Waals surface area contributed by atoms with Crippen LogP contribution in [0.15, 0.2) is 18.6 Å². The molecular formula is C10H13N3O2. The Bertz CT molecular complexity index is 349. The van der Waals surface area contributed by atoms with Crippen LogP contribution in [0.3, 0.4) is 0 Å². The first-order valence-electron chi connectivity index (χ1n) is 4.92. The fourth-order valence-electron chi connectivity index (χ4n) is 1.69. The van der Waals surface area contributed by atoms with Gasteiger partial charge < -0.3 is 10.0 Å². The third-order valence-electron chi connectivity index (χ3n) is 2.90. The van der Waals surface area contributed by atoms with Crippen LogP contribution in [-0.2, 0) is 4.79 Å². The molecule has 0 aliphatic carbocycles. The van der Waals surface area contributed by atoms with Crippen LogP contribution in [0.5, 0.6) is 0 Å². The molecular weight excluding hydrogens is 194 g/mol. The van der Waals surface area contributed by atoms with Crippen molar-refractivity contribution in [2.24, 2.45) is 11.8 Å². The Hall–Kier alpha value is -1.65. The maximum atomic E-state index is 10.7. The summed E-state index contributed by atoms with van der Waals surface area (Å²) in [6, 6.07) is 1.83. The Morgan fingerprint density at radius 1 is 1.67 bits per heavy atom. The molecule has 5 heteroatoms. The van der Waals surface area contributed by atoms with Gasteiger partial charge in [-0.3, -0.25) is 4.79 Å². The van der Waals surface area contributed by atoms with Crippen LogP contribution in [0.4, 0.5) is 5.82 Å². The fraction of sp³-hybridized carbons (Fsp3) is 0.500. The third kappa shape index (κ3) is 1.91. The average Bonchev–Trinajstić information content (AvgIpc) is 2.17. The summed E-state index contributed by atoms with van der Waals surface area (Å²) in [4.78, 5) is 20.7. The van der Waals surface area contributed by atoms with Gasteiger partial charge in [0.05, 0.1) is 5.92 Å². The minimum Gasteiger partial charge on any atom is -0.481 e. The van der Waals surface area contributed by atoms with Gasteiger partial charge in [0, 0.05) is 25.2 Å². The number of rotatable bonds is 3. The molecule has 0 amide bonds. The van der Waals surface area contributed by atoms with E-state index in [0.717, 1.165) is 18.9 Å². The van der Waals surface area contributed by atoms with Crippen LogP contribution >= 0.6 is 0 Å². The van der Waals surface area contributed by atoms with E-state index in [-0.39, 0.29) is 11.8 Å². The van der Waals surface area contributed by atoms with Crippen LogP contribution in [0.25, 0.3) is 0 Å². The monoisotopic (exact) mass is 207 g/mol. The molecule has 1 saturated heterocycles. The van der Waals surface area contributed by atoms with Crippen molar-refractivity contribution in [1.29, 1.82) is 0 Å². The molecule has 0 bridgehead atoms. The molecule has 80 valence electrons. The Balaban J connectivity index is 1.91. The van der Waals surface area contributed by atoms with E-state index >= 15 is 0 Å². The lowest BCUT2D eigenvalue weighted by Crippen LogP contribution is -2.51. The van der Waals surface area contributed by atoms with Crippen molar-refractivity contribution in [2.45, 2.75) is 6.92 Å². The average molecular weight is 207 g/mol. The molecule has 1 atom stereocenters. The molecule has 1 aliphatic heterocycles. The minimum atomic E-state index is -0.720. The molecule has 15 heavy (non-hydrogen) atoms. The molecule has 1 aliphatic rings. The van der Waals surface area contributed by atoms with Crippen molar-refractivity contribution >= 4 is 11.8 Å². The van der Waals surface area contributed by atoms with Gasteiger partial charge in [0.1, 0.15) is 12.1 Å². The summed E-state index contributed by atoms with van der Waals surface area (Å²) in [5, 5.41) is 8.83. The second kappa shape index (κ2) is 3.84. The topological polar surface area (TPSA) is 66.3 Å². The molecule has 1 aromatic heterocycles.